The fraction of sp³-hybridized carbons (Fsp3) is 0.278. The largest absolute Gasteiger partial charge is 0.491 e. The van der Waals surface area contributed by atoms with Crippen LogP contribution in [0.1, 0.15) is 13.8 Å². The van der Waals surface area contributed by atoms with E-state index in [2.05, 4.69) is 24.5 Å². The number of ether oxygens (including phenoxy) is 1. The number of anilines is 2. The van der Waals surface area contributed by atoms with E-state index in [1.807, 2.05) is 18.2 Å². The van der Waals surface area contributed by atoms with Crippen LogP contribution in [-0.4, -0.2) is 19.1 Å². The highest BCUT2D eigenvalue weighted by atomic mass is 35.5. The fourth-order valence-corrected chi connectivity index (χ4v) is 2.12. The lowest BCUT2D eigenvalue weighted by Gasteiger charge is -2.14. The highest BCUT2D eigenvalue weighted by Gasteiger charge is 2.09. The SMILES string of the molecule is CC(C)COc1ccccc1NC(=O)CNc1ccc(F)c(Cl)c1. The number of benzene rings is 2. The van der Waals surface area contributed by atoms with Crippen LogP contribution in [0.3, 0.4) is 0 Å². The van der Waals surface area contributed by atoms with Crippen LogP contribution in [0.25, 0.3) is 0 Å². The van der Waals surface area contributed by atoms with Gasteiger partial charge in [-0.15, -0.1) is 0 Å². The first-order valence-electron chi connectivity index (χ1n) is 7.66. The molecule has 0 bridgehead atoms. The minimum absolute atomic E-state index is 0.00726. The van der Waals surface area contributed by atoms with Gasteiger partial charge < -0.3 is 15.4 Å². The molecule has 0 saturated heterocycles. The minimum atomic E-state index is -0.497. The van der Waals surface area contributed by atoms with Gasteiger partial charge in [0.2, 0.25) is 5.91 Å². The summed E-state index contributed by atoms with van der Waals surface area (Å²) in [5, 5.41) is 5.70. The maximum absolute atomic E-state index is 13.1. The summed E-state index contributed by atoms with van der Waals surface area (Å²) in [4.78, 5) is 12.1. The lowest BCUT2D eigenvalue weighted by Crippen LogP contribution is -2.22. The van der Waals surface area contributed by atoms with Crippen molar-refractivity contribution in [1.29, 1.82) is 0 Å². The van der Waals surface area contributed by atoms with Gasteiger partial charge in [-0.1, -0.05) is 37.6 Å². The number of carbonyl (C=O) groups excluding carboxylic acids is 1. The molecule has 6 heteroatoms. The van der Waals surface area contributed by atoms with Crippen LogP contribution in [0.4, 0.5) is 15.8 Å². The Balaban J connectivity index is 1.93. The van der Waals surface area contributed by atoms with Crippen molar-refractivity contribution in [3.05, 3.63) is 53.3 Å². The van der Waals surface area contributed by atoms with Crippen LogP contribution >= 0.6 is 11.6 Å². The maximum Gasteiger partial charge on any atom is 0.243 e. The van der Waals surface area contributed by atoms with Gasteiger partial charge in [0.25, 0.3) is 0 Å². The van der Waals surface area contributed by atoms with E-state index < -0.39 is 5.82 Å². The summed E-state index contributed by atoms with van der Waals surface area (Å²) < 4.78 is 18.8. The smallest absolute Gasteiger partial charge is 0.243 e. The molecule has 2 N–H and O–H groups in total. The molecule has 2 aromatic rings. The zero-order chi connectivity index (χ0) is 17.5. The molecular formula is C18H20ClFN2O2. The second-order valence-corrected chi connectivity index (χ2v) is 6.14. The first kappa shape index (κ1) is 18.1. The number of carbonyl (C=O) groups is 1. The summed E-state index contributed by atoms with van der Waals surface area (Å²) in [5.41, 5.74) is 1.18. The highest BCUT2D eigenvalue weighted by molar-refractivity contribution is 6.31. The van der Waals surface area contributed by atoms with E-state index in [9.17, 15) is 9.18 Å². The zero-order valence-electron chi connectivity index (χ0n) is 13.6. The molecule has 128 valence electrons. The van der Waals surface area contributed by atoms with Crippen molar-refractivity contribution >= 4 is 28.9 Å². The van der Waals surface area contributed by atoms with Crippen molar-refractivity contribution < 1.29 is 13.9 Å². The van der Waals surface area contributed by atoms with Crippen LogP contribution in [0, 0.1) is 11.7 Å². The van der Waals surface area contributed by atoms with Crippen LogP contribution in [0.15, 0.2) is 42.5 Å². The first-order chi connectivity index (χ1) is 11.5. The normalized spacial score (nSPS) is 10.5. The van der Waals surface area contributed by atoms with Crippen LogP contribution in [0.5, 0.6) is 5.75 Å². The van der Waals surface area contributed by atoms with Crippen molar-refractivity contribution in [1.82, 2.24) is 0 Å². The lowest BCUT2D eigenvalue weighted by molar-refractivity contribution is -0.114. The van der Waals surface area contributed by atoms with Crippen molar-refractivity contribution in [2.45, 2.75) is 13.8 Å². The third kappa shape index (κ3) is 5.42. The Morgan fingerprint density at radius 3 is 2.71 bits per heavy atom. The summed E-state index contributed by atoms with van der Waals surface area (Å²) in [6.07, 6.45) is 0. The van der Waals surface area contributed by atoms with Gasteiger partial charge in [0.05, 0.1) is 23.9 Å². The van der Waals surface area contributed by atoms with E-state index in [4.69, 9.17) is 16.3 Å². The van der Waals surface area contributed by atoms with Crippen LogP contribution in [0.2, 0.25) is 5.02 Å². The molecule has 2 aromatic carbocycles. The van der Waals surface area contributed by atoms with Crippen LogP contribution in [-0.2, 0) is 4.79 Å². The predicted molar refractivity (Wildman–Crippen MR) is 95.3 cm³/mol. The quantitative estimate of drug-likeness (QED) is 0.769. The summed E-state index contributed by atoms with van der Waals surface area (Å²) in [5.74, 6) is 0.280. The van der Waals surface area contributed by atoms with Gasteiger partial charge in [0, 0.05) is 5.69 Å². The standard InChI is InChI=1S/C18H20ClFN2O2/c1-12(2)11-24-17-6-4-3-5-16(17)22-18(23)10-21-13-7-8-15(20)14(19)9-13/h3-9,12,21H,10-11H2,1-2H3,(H,22,23). The van der Waals surface area contributed by atoms with Crippen molar-refractivity contribution in [2.75, 3.05) is 23.8 Å². The second kappa shape index (κ2) is 8.55. The van der Waals surface area contributed by atoms with Gasteiger partial charge >= 0.3 is 0 Å². The van der Waals surface area contributed by atoms with Gasteiger partial charge in [-0.2, -0.15) is 0 Å². The molecule has 0 spiro atoms. The van der Waals surface area contributed by atoms with Gasteiger partial charge in [-0.25, -0.2) is 4.39 Å². The number of amides is 1. The molecule has 0 radical (unpaired) electrons. The Bertz CT molecular complexity index is 707. The summed E-state index contributed by atoms with van der Waals surface area (Å²) >= 11 is 5.71. The third-order valence-corrected chi connectivity index (χ3v) is 3.40. The molecule has 4 nitrogen and oxygen atoms in total. The molecule has 0 fully saturated rings. The number of hydrogen-bond donors (Lipinski definition) is 2. The first-order valence-corrected chi connectivity index (χ1v) is 8.04. The maximum atomic E-state index is 13.1. The molecule has 0 unspecified atom stereocenters. The molecular weight excluding hydrogens is 331 g/mol. The summed E-state index contributed by atoms with van der Waals surface area (Å²) in [6, 6.07) is 11.5. The topological polar surface area (TPSA) is 50.4 Å². The van der Waals surface area contributed by atoms with Crippen molar-refractivity contribution in [3.8, 4) is 5.75 Å². The minimum Gasteiger partial charge on any atom is -0.491 e. The molecule has 1 amide bonds. The number of halogens is 2. The summed E-state index contributed by atoms with van der Waals surface area (Å²) in [7, 11) is 0. The fourth-order valence-electron chi connectivity index (χ4n) is 1.94. The highest BCUT2D eigenvalue weighted by Crippen LogP contribution is 2.24. The average Bonchev–Trinajstić information content (AvgIpc) is 2.55. The van der Waals surface area contributed by atoms with E-state index in [-0.39, 0.29) is 17.5 Å². The third-order valence-electron chi connectivity index (χ3n) is 3.11. The van der Waals surface area contributed by atoms with E-state index in [0.717, 1.165) is 0 Å². The Hall–Kier alpha value is -2.27. The molecule has 0 aliphatic heterocycles. The number of hydrogen-bond acceptors (Lipinski definition) is 3. The molecule has 0 aliphatic carbocycles. The molecule has 24 heavy (non-hydrogen) atoms. The van der Waals surface area contributed by atoms with Crippen LogP contribution < -0.4 is 15.4 Å². The molecule has 0 heterocycles. The Kier molecular flexibility index (Phi) is 6.44. The van der Waals surface area contributed by atoms with Crippen molar-refractivity contribution in [3.63, 3.8) is 0 Å². The molecule has 0 aromatic heterocycles. The Morgan fingerprint density at radius 2 is 2.00 bits per heavy atom. The van der Waals surface area contributed by atoms with E-state index in [1.165, 1.54) is 18.2 Å². The molecule has 0 atom stereocenters. The van der Waals surface area contributed by atoms with E-state index in [0.29, 0.717) is 29.6 Å². The number of nitrogens with one attached hydrogen (secondary N) is 2. The average molecular weight is 351 g/mol. The Morgan fingerprint density at radius 1 is 1.25 bits per heavy atom. The predicted octanol–water partition coefficient (Wildman–Crippen LogP) is 4.56. The Labute approximate surface area is 146 Å². The second-order valence-electron chi connectivity index (χ2n) is 5.73. The zero-order valence-corrected chi connectivity index (χ0v) is 14.4. The van der Waals surface area contributed by atoms with Gasteiger partial charge in [0.15, 0.2) is 0 Å². The lowest BCUT2D eigenvalue weighted by atomic mass is 10.2. The summed E-state index contributed by atoms with van der Waals surface area (Å²) in [6.45, 7) is 4.71. The van der Waals surface area contributed by atoms with Gasteiger partial charge in [-0.05, 0) is 36.2 Å². The molecule has 0 saturated carbocycles. The number of rotatable bonds is 7. The van der Waals surface area contributed by atoms with E-state index >= 15 is 0 Å². The van der Waals surface area contributed by atoms with Gasteiger partial charge in [0.1, 0.15) is 11.6 Å². The monoisotopic (exact) mass is 350 g/mol. The number of para-hydroxylation sites is 2. The van der Waals surface area contributed by atoms with Gasteiger partial charge in [-0.3, -0.25) is 4.79 Å². The van der Waals surface area contributed by atoms with Crippen molar-refractivity contribution in [2.24, 2.45) is 5.92 Å². The molecule has 2 rings (SSSR count). The molecule has 0 aliphatic rings. The van der Waals surface area contributed by atoms with E-state index in [1.54, 1.807) is 6.07 Å².